The predicted octanol–water partition coefficient (Wildman–Crippen LogP) is 1.10. The van der Waals surface area contributed by atoms with Crippen molar-refractivity contribution < 1.29 is 0 Å². The van der Waals surface area contributed by atoms with Crippen LogP contribution in [-0.4, -0.2) is 22.7 Å². The molecule has 80 valence electrons. The molecule has 0 radical (unpaired) electrons. The van der Waals surface area contributed by atoms with E-state index in [2.05, 4.69) is 28.8 Å². The van der Waals surface area contributed by atoms with Crippen molar-refractivity contribution in [3.8, 4) is 0 Å². The summed E-state index contributed by atoms with van der Waals surface area (Å²) in [5, 5.41) is 7.45. The maximum atomic E-state index is 5.40. The van der Waals surface area contributed by atoms with Crippen LogP contribution in [0.2, 0.25) is 0 Å². The maximum absolute atomic E-state index is 5.40. The molecule has 0 saturated heterocycles. The average molecular weight is 214 g/mol. The third-order valence-corrected chi connectivity index (χ3v) is 2.71. The van der Waals surface area contributed by atoms with Gasteiger partial charge in [-0.2, -0.15) is 0 Å². The van der Waals surface area contributed by atoms with E-state index in [1.54, 1.807) is 0 Å². The van der Waals surface area contributed by atoms with Crippen LogP contribution in [0.25, 0.3) is 0 Å². The van der Waals surface area contributed by atoms with Gasteiger partial charge >= 0.3 is 0 Å². The van der Waals surface area contributed by atoms with E-state index < -0.39 is 0 Å². The molecule has 0 aromatic carbocycles. The molecule has 0 bridgehead atoms. The van der Waals surface area contributed by atoms with E-state index in [1.165, 1.54) is 16.4 Å². The minimum Gasteiger partial charge on any atom is -0.330 e. The van der Waals surface area contributed by atoms with Crippen LogP contribution in [0.5, 0.6) is 0 Å². The summed E-state index contributed by atoms with van der Waals surface area (Å²) in [6, 6.07) is 0. The molecule has 1 rings (SSSR count). The van der Waals surface area contributed by atoms with Crippen LogP contribution in [0, 0.1) is 0 Å². The zero-order valence-electron chi connectivity index (χ0n) is 8.79. The quantitative estimate of drug-likeness (QED) is 0.696. The molecular formula is C9H18N4S. The maximum Gasteiger partial charge on any atom is 0.0826 e. The summed E-state index contributed by atoms with van der Waals surface area (Å²) in [6.07, 6.45) is 1.02. The first-order valence-corrected chi connectivity index (χ1v) is 5.75. The molecule has 0 amide bonds. The van der Waals surface area contributed by atoms with Crippen LogP contribution in [0.1, 0.15) is 36.8 Å². The number of rotatable bonds is 6. The molecule has 3 N–H and O–H groups in total. The van der Waals surface area contributed by atoms with Crippen molar-refractivity contribution in [3.63, 3.8) is 0 Å². The van der Waals surface area contributed by atoms with E-state index in [0.29, 0.717) is 5.92 Å². The Hall–Kier alpha value is -0.520. The first-order chi connectivity index (χ1) is 6.75. The second-order valence-electron chi connectivity index (χ2n) is 3.56. The lowest BCUT2D eigenvalue weighted by atomic mass is 10.1. The van der Waals surface area contributed by atoms with Gasteiger partial charge in [-0.15, -0.1) is 5.10 Å². The van der Waals surface area contributed by atoms with Gasteiger partial charge in [0.05, 0.1) is 10.6 Å². The smallest absolute Gasteiger partial charge is 0.0826 e. The van der Waals surface area contributed by atoms with E-state index in [-0.39, 0.29) is 0 Å². The SMILES string of the molecule is CC(C)c1nnsc1CNCCCN. The minimum atomic E-state index is 0.458. The van der Waals surface area contributed by atoms with Gasteiger partial charge in [0, 0.05) is 6.54 Å². The number of nitrogens with zero attached hydrogens (tertiary/aromatic N) is 2. The lowest BCUT2D eigenvalue weighted by Crippen LogP contribution is -2.18. The summed E-state index contributed by atoms with van der Waals surface area (Å²) in [5.41, 5.74) is 6.52. The fourth-order valence-electron chi connectivity index (χ4n) is 1.21. The normalized spacial score (nSPS) is 11.1. The van der Waals surface area contributed by atoms with E-state index in [4.69, 9.17) is 5.73 Å². The molecule has 14 heavy (non-hydrogen) atoms. The first kappa shape index (κ1) is 11.6. The van der Waals surface area contributed by atoms with Gasteiger partial charge in [-0.25, -0.2) is 0 Å². The Morgan fingerprint density at radius 1 is 1.50 bits per heavy atom. The van der Waals surface area contributed by atoms with E-state index in [0.717, 1.165) is 31.7 Å². The molecule has 0 aliphatic carbocycles. The molecule has 1 aromatic heterocycles. The van der Waals surface area contributed by atoms with Crippen molar-refractivity contribution in [1.29, 1.82) is 0 Å². The van der Waals surface area contributed by atoms with Crippen LogP contribution in [0.4, 0.5) is 0 Å². The number of nitrogens with two attached hydrogens (primary N) is 1. The van der Waals surface area contributed by atoms with Gasteiger partial charge < -0.3 is 11.1 Å². The number of hydrogen-bond acceptors (Lipinski definition) is 5. The molecule has 1 heterocycles. The number of aromatic nitrogens is 2. The molecule has 0 spiro atoms. The molecule has 0 aliphatic heterocycles. The Bertz CT molecular complexity index is 259. The first-order valence-electron chi connectivity index (χ1n) is 4.97. The van der Waals surface area contributed by atoms with Crippen molar-refractivity contribution in [1.82, 2.24) is 14.9 Å². The lowest BCUT2D eigenvalue weighted by Gasteiger charge is -2.04. The Morgan fingerprint density at radius 2 is 2.29 bits per heavy atom. The van der Waals surface area contributed by atoms with Crippen molar-refractivity contribution in [3.05, 3.63) is 10.6 Å². The fraction of sp³-hybridized carbons (Fsp3) is 0.778. The van der Waals surface area contributed by atoms with Crippen LogP contribution in [-0.2, 0) is 6.54 Å². The average Bonchev–Trinajstić information content (AvgIpc) is 2.60. The molecule has 0 unspecified atom stereocenters. The molecule has 0 aliphatic rings. The highest BCUT2D eigenvalue weighted by Crippen LogP contribution is 2.18. The summed E-state index contributed by atoms with van der Waals surface area (Å²) in [7, 11) is 0. The Balaban J connectivity index is 2.38. The third kappa shape index (κ3) is 3.32. The van der Waals surface area contributed by atoms with Gasteiger partial charge in [-0.05, 0) is 37.0 Å². The zero-order chi connectivity index (χ0) is 10.4. The number of hydrogen-bond donors (Lipinski definition) is 2. The largest absolute Gasteiger partial charge is 0.330 e. The molecule has 1 aromatic rings. The highest BCUT2D eigenvalue weighted by Gasteiger charge is 2.10. The lowest BCUT2D eigenvalue weighted by molar-refractivity contribution is 0.651. The van der Waals surface area contributed by atoms with Gasteiger partial charge in [0.1, 0.15) is 0 Å². The second-order valence-corrected chi connectivity index (χ2v) is 4.39. The molecule has 5 heteroatoms. The molecule has 0 saturated carbocycles. The third-order valence-electron chi connectivity index (χ3n) is 1.98. The van der Waals surface area contributed by atoms with Crippen molar-refractivity contribution >= 4 is 11.5 Å². The summed E-state index contributed by atoms with van der Waals surface area (Å²) in [5.74, 6) is 0.458. The van der Waals surface area contributed by atoms with E-state index >= 15 is 0 Å². The van der Waals surface area contributed by atoms with Gasteiger partial charge in [-0.3, -0.25) is 0 Å². The van der Waals surface area contributed by atoms with Gasteiger partial charge in [0.25, 0.3) is 0 Å². The van der Waals surface area contributed by atoms with E-state index in [1.807, 2.05) is 0 Å². The van der Waals surface area contributed by atoms with Gasteiger partial charge in [0.2, 0.25) is 0 Å². The Kier molecular flexibility index (Phi) is 5.00. The summed E-state index contributed by atoms with van der Waals surface area (Å²) < 4.78 is 3.97. The summed E-state index contributed by atoms with van der Waals surface area (Å²) in [4.78, 5) is 1.25. The molecule has 0 atom stereocenters. The van der Waals surface area contributed by atoms with Crippen molar-refractivity contribution in [2.45, 2.75) is 32.7 Å². The standard InChI is InChI=1S/C9H18N4S/c1-7(2)9-8(14-13-12-9)6-11-5-3-4-10/h7,11H,3-6,10H2,1-2H3. The monoisotopic (exact) mass is 214 g/mol. The van der Waals surface area contributed by atoms with Crippen LogP contribution in [0.15, 0.2) is 0 Å². The minimum absolute atomic E-state index is 0.458. The number of nitrogens with one attached hydrogen (secondary N) is 1. The Labute approximate surface area is 89.1 Å². The molecule has 0 fully saturated rings. The molecular weight excluding hydrogens is 196 g/mol. The predicted molar refractivity (Wildman–Crippen MR) is 59.4 cm³/mol. The van der Waals surface area contributed by atoms with Gasteiger partial charge in [-0.1, -0.05) is 18.3 Å². The van der Waals surface area contributed by atoms with E-state index in [9.17, 15) is 0 Å². The highest BCUT2D eigenvalue weighted by molar-refractivity contribution is 7.05. The highest BCUT2D eigenvalue weighted by atomic mass is 32.1. The summed E-state index contributed by atoms with van der Waals surface area (Å²) in [6.45, 7) is 6.85. The van der Waals surface area contributed by atoms with Crippen molar-refractivity contribution in [2.75, 3.05) is 13.1 Å². The molecule has 4 nitrogen and oxygen atoms in total. The topological polar surface area (TPSA) is 63.8 Å². The zero-order valence-corrected chi connectivity index (χ0v) is 9.60. The van der Waals surface area contributed by atoms with Gasteiger partial charge in [0.15, 0.2) is 0 Å². The van der Waals surface area contributed by atoms with Crippen LogP contribution in [0.3, 0.4) is 0 Å². The van der Waals surface area contributed by atoms with Crippen molar-refractivity contribution in [2.24, 2.45) is 5.73 Å². The van der Waals surface area contributed by atoms with Crippen LogP contribution < -0.4 is 11.1 Å². The second kappa shape index (κ2) is 6.06. The van der Waals surface area contributed by atoms with Crippen LogP contribution >= 0.6 is 11.5 Å². The fourth-order valence-corrected chi connectivity index (χ4v) is 1.97. The summed E-state index contributed by atoms with van der Waals surface area (Å²) >= 11 is 1.48. The Morgan fingerprint density at radius 3 is 2.93 bits per heavy atom.